The molecule has 0 unspecified atom stereocenters. The van der Waals surface area contributed by atoms with Gasteiger partial charge in [-0.1, -0.05) is 13.3 Å². The molecule has 0 radical (unpaired) electrons. The molecule has 0 aliphatic rings. The number of carbonyl (C=O) groups is 1. The van der Waals surface area contributed by atoms with E-state index in [0.29, 0.717) is 0 Å². The molecule has 0 amide bonds. The highest BCUT2D eigenvalue weighted by molar-refractivity contribution is 5.70. The van der Waals surface area contributed by atoms with E-state index in [1.165, 1.54) is 0 Å². The molecule has 0 heterocycles. The average molecular weight is 228 g/mol. The minimum absolute atomic E-state index is 0.290. The van der Waals surface area contributed by atoms with Crippen LogP contribution in [0.2, 0.25) is 0 Å². The van der Waals surface area contributed by atoms with Gasteiger partial charge >= 0.3 is 12.1 Å². The SMILES string of the molecule is CCCCOC(=O)COCCC(F)(F)F. The number of hydrogen-bond acceptors (Lipinski definition) is 3. The van der Waals surface area contributed by atoms with Crippen molar-refractivity contribution in [2.45, 2.75) is 32.4 Å². The zero-order valence-electron chi connectivity index (χ0n) is 8.60. The lowest BCUT2D eigenvalue weighted by molar-refractivity contribution is -0.158. The van der Waals surface area contributed by atoms with Crippen LogP contribution in [-0.2, 0) is 14.3 Å². The molecule has 15 heavy (non-hydrogen) atoms. The molecule has 6 heteroatoms. The van der Waals surface area contributed by atoms with Gasteiger partial charge in [-0.15, -0.1) is 0 Å². The second-order valence-corrected chi connectivity index (χ2v) is 2.99. The number of hydrogen-bond donors (Lipinski definition) is 0. The van der Waals surface area contributed by atoms with Gasteiger partial charge in [-0.3, -0.25) is 0 Å². The highest BCUT2D eigenvalue weighted by Crippen LogP contribution is 2.18. The number of esters is 1. The molecule has 0 aromatic rings. The van der Waals surface area contributed by atoms with Crippen LogP contribution in [-0.4, -0.2) is 32.0 Å². The fraction of sp³-hybridized carbons (Fsp3) is 0.889. The van der Waals surface area contributed by atoms with E-state index >= 15 is 0 Å². The smallest absolute Gasteiger partial charge is 0.391 e. The van der Waals surface area contributed by atoms with Gasteiger partial charge in [-0.05, 0) is 6.42 Å². The maximum atomic E-state index is 11.6. The van der Waals surface area contributed by atoms with Crippen molar-refractivity contribution in [3.63, 3.8) is 0 Å². The van der Waals surface area contributed by atoms with Gasteiger partial charge in [0.2, 0.25) is 0 Å². The minimum atomic E-state index is -4.24. The first-order valence-corrected chi connectivity index (χ1v) is 4.76. The Balaban J connectivity index is 3.32. The normalized spacial score (nSPS) is 11.5. The predicted octanol–water partition coefficient (Wildman–Crippen LogP) is 2.30. The second kappa shape index (κ2) is 7.50. The van der Waals surface area contributed by atoms with Crippen molar-refractivity contribution in [2.24, 2.45) is 0 Å². The molecule has 90 valence electrons. The third-order valence-corrected chi connectivity index (χ3v) is 1.51. The van der Waals surface area contributed by atoms with Gasteiger partial charge in [0.25, 0.3) is 0 Å². The quantitative estimate of drug-likeness (QED) is 0.495. The van der Waals surface area contributed by atoms with E-state index in [0.717, 1.165) is 12.8 Å². The Morgan fingerprint density at radius 1 is 1.27 bits per heavy atom. The minimum Gasteiger partial charge on any atom is -0.464 e. The molecule has 0 saturated carbocycles. The number of halogens is 3. The first kappa shape index (κ1) is 14.2. The molecule has 0 aromatic heterocycles. The predicted molar refractivity (Wildman–Crippen MR) is 47.4 cm³/mol. The van der Waals surface area contributed by atoms with Crippen LogP contribution in [0.3, 0.4) is 0 Å². The Bertz CT molecular complexity index is 180. The lowest BCUT2D eigenvalue weighted by Gasteiger charge is -2.07. The van der Waals surface area contributed by atoms with Gasteiger partial charge in [0.05, 0.1) is 19.6 Å². The van der Waals surface area contributed by atoms with Gasteiger partial charge in [0, 0.05) is 0 Å². The first-order valence-electron chi connectivity index (χ1n) is 4.76. The van der Waals surface area contributed by atoms with Gasteiger partial charge in [0.1, 0.15) is 6.61 Å². The Kier molecular flexibility index (Phi) is 7.11. The molecular weight excluding hydrogens is 213 g/mol. The van der Waals surface area contributed by atoms with Crippen LogP contribution in [0.1, 0.15) is 26.2 Å². The van der Waals surface area contributed by atoms with Crippen molar-refractivity contribution in [1.82, 2.24) is 0 Å². The van der Waals surface area contributed by atoms with E-state index in [9.17, 15) is 18.0 Å². The molecular formula is C9H15F3O3. The number of alkyl halides is 3. The Labute approximate surface area is 86.5 Å². The highest BCUT2D eigenvalue weighted by atomic mass is 19.4. The summed E-state index contributed by atoms with van der Waals surface area (Å²) in [5.41, 5.74) is 0. The van der Waals surface area contributed by atoms with Crippen LogP contribution in [0.15, 0.2) is 0 Å². The molecule has 0 saturated heterocycles. The third-order valence-electron chi connectivity index (χ3n) is 1.51. The summed E-state index contributed by atoms with van der Waals surface area (Å²) < 4.78 is 44.1. The fourth-order valence-corrected chi connectivity index (χ4v) is 0.715. The molecule has 0 spiro atoms. The molecule has 0 atom stereocenters. The highest BCUT2D eigenvalue weighted by Gasteiger charge is 2.26. The number of rotatable bonds is 7. The Morgan fingerprint density at radius 3 is 2.47 bits per heavy atom. The standard InChI is InChI=1S/C9H15F3O3/c1-2-3-5-15-8(13)7-14-6-4-9(10,11)12/h2-7H2,1H3. The average Bonchev–Trinajstić information content (AvgIpc) is 2.11. The zero-order valence-corrected chi connectivity index (χ0v) is 8.60. The molecule has 3 nitrogen and oxygen atoms in total. The molecule has 0 aliphatic heterocycles. The van der Waals surface area contributed by atoms with Crippen molar-refractivity contribution in [2.75, 3.05) is 19.8 Å². The first-order chi connectivity index (χ1) is 6.95. The van der Waals surface area contributed by atoms with E-state index in [-0.39, 0.29) is 6.61 Å². The van der Waals surface area contributed by atoms with E-state index in [4.69, 9.17) is 0 Å². The van der Waals surface area contributed by atoms with E-state index in [2.05, 4.69) is 9.47 Å². The lowest BCUT2D eigenvalue weighted by atomic mass is 10.4. The number of carbonyl (C=O) groups excluding carboxylic acids is 1. The van der Waals surface area contributed by atoms with Crippen molar-refractivity contribution < 1.29 is 27.4 Å². The largest absolute Gasteiger partial charge is 0.464 e. The maximum absolute atomic E-state index is 11.6. The van der Waals surface area contributed by atoms with E-state index in [1.807, 2.05) is 6.92 Å². The van der Waals surface area contributed by atoms with Gasteiger partial charge < -0.3 is 9.47 Å². The van der Waals surface area contributed by atoms with Crippen LogP contribution in [0.5, 0.6) is 0 Å². The molecule has 0 aliphatic carbocycles. The summed E-state index contributed by atoms with van der Waals surface area (Å²) in [6.45, 7) is 1.30. The Hall–Kier alpha value is -0.780. The van der Waals surface area contributed by atoms with Crippen molar-refractivity contribution in [3.05, 3.63) is 0 Å². The van der Waals surface area contributed by atoms with E-state index < -0.39 is 31.8 Å². The van der Waals surface area contributed by atoms with Crippen molar-refractivity contribution in [1.29, 1.82) is 0 Å². The lowest BCUT2D eigenvalue weighted by Crippen LogP contribution is -2.17. The molecule has 0 fully saturated rings. The molecule has 0 bridgehead atoms. The van der Waals surface area contributed by atoms with E-state index in [1.54, 1.807) is 0 Å². The summed E-state index contributed by atoms with van der Waals surface area (Å²) in [5.74, 6) is -0.620. The summed E-state index contributed by atoms with van der Waals surface area (Å²) in [5, 5.41) is 0. The monoisotopic (exact) mass is 228 g/mol. The summed E-state index contributed by atoms with van der Waals surface area (Å²) >= 11 is 0. The van der Waals surface area contributed by atoms with Crippen molar-refractivity contribution in [3.8, 4) is 0 Å². The maximum Gasteiger partial charge on any atom is 0.391 e. The van der Waals surface area contributed by atoms with Crippen LogP contribution in [0, 0.1) is 0 Å². The summed E-state index contributed by atoms with van der Waals surface area (Å²) in [6.07, 6.45) is -3.65. The summed E-state index contributed by atoms with van der Waals surface area (Å²) in [4.78, 5) is 10.8. The van der Waals surface area contributed by atoms with Crippen LogP contribution in [0.25, 0.3) is 0 Å². The fourth-order valence-electron chi connectivity index (χ4n) is 0.715. The van der Waals surface area contributed by atoms with Gasteiger partial charge in [-0.2, -0.15) is 13.2 Å². The molecule has 0 rings (SSSR count). The van der Waals surface area contributed by atoms with Crippen molar-refractivity contribution >= 4 is 5.97 Å². The van der Waals surface area contributed by atoms with Crippen LogP contribution < -0.4 is 0 Å². The van der Waals surface area contributed by atoms with Gasteiger partial charge in [-0.25, -0.2) is 4.79 Å². The second-order valence-electron chi connectivity index (χ2n) is 2.99. The van der Waals surface area contributed by atoms with Crippen LogP contribution in [0.4, 0.5) is 13.2 Å². The molecule has 0 aromatic carbocycles. The molecule has 0 N–H and O–H groups in total. The summed E-state index contributed by atoms with van der Waals surface area (Å²) in [6, 6.07) is 0. The zero-order chi connectivity index (χ0) is 11.7. The Morgan fingerprint density at radius 2 is 1.93 bits per heavy atom. The summed E-state index contributed by atoms with van der Waals surface area (Å²) in [7, 11) is 0. The van der Waals surface area contributed by atoms with Gasteiger partial charge in [0.15, 0.2) is 0 Å². The number of unbranched alkanes of at least 4 members (excludes halogenated alkanes) is 1. The number of ether oxygens (including phenoxy) is 2. The topological polar surface area (TPSA) is 35.5 Å². The third kappa shape index (κ3) is 11.1. The van der Waals surface area contributed by atoms with Crippen LogP contribution >= 0.6 is 0 Å².